The van der Waals surface area contributed by atoms with Gasteiger partial charge in [-0.15, -0.1) is 11.8 Å². The molecule has 1 fully saturated rings. The van der Waals surface area contributed by atoms with E-state index in [-0.39, 0.29) is 10.8 Å². The predicted molar refractivity (Wildman–Crippen MR) is 53.8 cm³/mol. The summed E-state index contributed by atoms with van der Waals surface area (Å²) in [5.41, 5.74) is -0.241. The van der Waals surface area contributed by atoms with Crippen LogP contribution in [0.15, 0.2) is 23.1 Å². The Hall–Kier alpha value is -1.07. The molecule has 0 atom stereocenters. The SMILES string of the molecule is O=C(O)c1c(F)cccc1SC1COC1. The van der Waals surface area contributed by atoms with Gasteiger partial charge < -0.3 is 9.84 Å². The first kappa shape index (κ1) is 10.4. The Labute approximate surface area is 90.2 Å². The number of halogens is 1. The van der Waals surface area contributed by atoms with E-state index in [0.29, 0.717) is 18.1 Å². The standard InChI is InChI=1S/C10H9FO3S/c11-7-2-1-3-8(9(7)10(12)13)15-6-4-14-5-6/h1-3,6H,4-5H2,(H,12,13). The molecule has 0 saturated carbocycles. The number of carbonyl (C=O) groups is 1. The second-order valence-electron chi connectivity index (χ2n) is 3.20. The van der Waals surface area contributed by atoms with E-state index < -0.39 is 11.8 Å². The average molecular weight is 228 g/mol. The van der Waals surface area contributed by atoms with Crippen molar-refractivity contribution in [1.82, 2.24) is 0 Å². The van der Waals surface area contributed by atoms with Gasteiger partial charge in [-0.3, -0.25) is 0 Å². The Kier molecular flexibility index (Phi) is 2.93. The van der Waals surface area contributed by atoms with E-state index in [1.54, 1.807) is 6.07 Å². The van der Waals surface area contributed by atoms with Gasteiger partial charge in [-0.2, -0.15) is 0 Å². The number of thioether (sulfide) groups is 1. The molecule has 5 heteroatoms. The van der Waals surface area contributed by atoms with E-state index in [2.05, 4.69) is 0 Å². The Morgan fingerprint density at radius 3 is 2.80 bits per heavy atom. The Morgan fingerprint density at radius 2 is 2.27 bits per heavy atom. The molecule has 0 spiro atoms. The lowest BCUT2D eigenvalue weighted by Gasteiger charge is -2.25. The van der Waals surface area contributed by atoms with Crippen LogP contribution in [-0.2, 0) is 4.74 Å². The van der Waals surface area contributed by atoms with Crippen LogP contribution < -0.4 is 0 Å². The molecular formula is C10H9FO3S. The van der Waals surface area contributed by atoms with Crippen molar-refractivity contribution in [3.63, 3.8) is 0 Å². The van der Waals surface area contributed by atoms with Crippen LogP contribution in [0.4, 0.5) is 4.39 Å². The Balaban J connectivity index is 2.27. The predicted octanol–water partition coefficient (Wildman–Crippen LogP) is 2.01. The fraction of sp³-hybridized carbons (Fsp3) is 0.300. The topological polar surface area (TPSA) is 46.5 Å². The molecule has 0 aromatic heterocycles. The van der Waals surface area contributed by atoms with Crippen molar-refractivity contribution >= 4 is 17.7 Å². The monoisotopic (exact) mass is 228 g/mol. The quantitative estimate of drug-likeness (QED) is 0.859. The third kappa shape index (κ3) is 2.13. The van der Waals surface area contributed by atoms with Crippen LogP contribution >= 0.6 is 11.8 Å². The molecule has 1 saturated heterocycles. The average Bonchev–Trinajstić information content (AvgIpc) is 2.10. The highest BCUT2D eigenvalue weighted by atomic mass is 32.2. The summed E-state index contributed by atoms with van der Waals surface area (Å²) in [6.45, 7) is 1.19. The first-order valence-corrected chi connectivity index (χ1v) is 5.32. The lowest BCUT2D eigenvalue weighted by molar-refractivity contribution is 0.0454. The molecule has 15 heavy (non-hydrogen) atoms. The van der Waals surface area contributed by atoms with Crippen molar-refractivity contribution in [3.05, 3.63) is 29.6 Å². The van der Waals surface area contributed by atoms with Crippen molar-refractivity contribution in [2.75, 3.05) is 13.2 Å². The molecule has 2 rings (SSSR count). The molecule has 1 aromatic rings. The van der Waals surface area contributed by atoms with Gasteiger partial charge >= 0.3 is 5.97 Å². The van der Waals surface area contributed by atoms with Crippen molar-refractivity contribution in [2.45, 2.75) is 10.1 Å². The van der Waals surface area contributed by atoms with Crippen molar-refractivity contribution < 1.29 is 19.0 Å². The van der Waals surface area contributed by atoms with Crippen LogP contribution in [0.3, 0.4) is 0 Å². The number of carboxylic acid groups (broad SMARTS) is 1. The highest BCUT2D eigenvalue weighted by molar-refractivity contribution is 8.00. The zero-order chi connectivity index (χ0) is 10.8. The molecule has 1 heterocycles. The van der Waals surface area contributed by atoms with Crippen molar-refractivity contribution in [2.24, 2.45) is 0 Å². The number of benzene rings is 1. The number of hydrogen-bond donors (Lipinski definition) is 1. The first-order valence-electron chi connectivity index (χ1n) is 4.44. The van der Waals surface area contributed by atoms with Gasteiger partial charge in [0.2, 0.25) is 0 Å². The summed E-state index contributed by atoms with van der Waals surface area (Å²) in [4.78, 5) is 11.3. The van der Waals surface area contributed by atoms with Gasteiger partial charge in [-0.25, -0.2) is 9.18 Å². The fourth-order valence-electron chi connectivity index (χ4n) is 1.27. The first-order chi connectivity index (χ1) is 7.18. The minimum absolute atomic E-state index is 0.241. The summed E-state index contributed by atoms with van der Waals surface area (Å²) in [5.74, 6) is -1.91. The fourth-order valence-corrected chi connectivity index (χ4v) is 2.42. The maximum atomic E-state index is 13.2. The van der Waals surface area contributed by atoms with Gasteiger partial charge in [0.05, 0.1) is 18.5 Å². The zero-order valence-corrected chi connectivity index (χ0v) is 8.59. The molecule has 0 radical (unpaired) electrons. The molecule has 0 bridgehead atoms. The molecule has 80 valence electrons. The normalized spacial score (nSPS) is 16.1. The molecule has 1 aliphatic rings. The second-order valence-corrected chi connectivity index (χ2v) is 4.54. The maximum absolute atomic E-state index is 13.2. The smallest absolute Gasteiger partial charge is 0.339 e. The molecule has 3 nitrogen and oxygen atoms in total. The molecule has 0 aliphatic carbocycles. The minimum Gasteiger partial charge on any atom is -0.478 e. The van der Waals surface area contributed by atoms with E-state index in [9.17, 15) is 9.18 Å². The summed E-state index contributed by atoms with van der Waals surface area (Å²) in [6, 6.07) is 4.30. The number of aromatic carboxylic acids is 1. The summed E-state index contributed by atoms with van der Waals surface area (Å²) in [5, 5.41) is 9.11. The number of ether oxygens (including phenoxy) is 1. The van der Waals surface area contributed by atoms with Gasteiger partial charge in [0.15, 0.2) is 0 Å². The number of hydrogen-bond acceptors (Lipinski definition) is 3. The van der Waals surface area contributed by atoms with Crippen molar-refractivity contribution in [3.8, 4) is 0 Å². The van der Waals surface area contributed by atoms with Crippen LogP contribution in [-0.4, -0.2) is 29.5 Å². The highest BCUT2D eigenvalue weighted by Crippen LogP contribution is 2.31. The number of carboxylic acids is 1. The second kappa shape index (κ2) is 4.20. The molecular weight excluding hydrogens is 219 g/mol. The summed E-state index contributed by atoms with van der Waals surface area (Å²) >= 11 is 1.35. The molecule has 1 aromatic carbocycles. The molecule has 0 unspecified atom stereocenters. The molecule has 0 amide bonds. The van der Waals surface area contributed by atoms with Gasteiger partial charge in [0.25, 0.3) is 0 Å². The molecule has 1 N–H and O–H groups in total. The minimum atomic E-state index is -1.23. The third-order valence-corrected chi connectivity index (χ3v) is 3.29. The third-order valence-electron chi connectivity index (χ3n) is 2.09. The van der Waals surface area contributed by atoms with Crippen LogP contribution in [0.25, 0.3) is 0 Å². The van der Waals surface area contributed by atoms with Crippen LogP contribution in [0, 0.1) is 5.82 Å². The maximum Gasteiger partial charge on any atom is 0.339 e. The lowest BCUT2D eigenvalue weighted by atomic mass is 10.2. The van der Waals surface area contributed by atoms with Crippen LogP contribution in [0.1, 0.15) is 10.4 Å². The van der Waals surface area contributed by atoms with Gasteiger partial charge in [-0.05, 0) is 12.1 Å². The van der Waals surface area contributed by atoms with Gasteiger partial charge in [0.1, 0.15) is 11.4 Å². The summed E-state index contributed by atoms with van der Waals surface area (Å²) in [7, 11) is 0. The number of rotatable bonds is 3. The van der Waals surface area contributed by atoms with E-state index in [0.717, 1.165) is 6.07 Å². The summed E-state index contributed by atoms with van der Waals surface area (Å²) in [6.07, 6.45) is 0. The highest BCUT2D eigenvalue weighted by Gasteiger charge is 2.23. The van der Waals surface area contributed by atoms with E-state index in [1.807, 2.05) is 0 Å². The Bertz CT molecular complexity index is 390. The Morgan fingerprint density at radius 1 is 1.53 bits per heavy atom. The van der Waals surface area contributed by atoms with E-state index in [4.69, 9.17) is 9.84 Å². The van der Waals surface area contributed by atoms with Gasteiger partial charge in [-0.1, -0.05) is 6.07 Å². The van der Waals surface area contributed by atoms with Crippen LogP contribution in [0.5, 0.6) is 0 Å². The summed E-state index contributed by atoms with van der Waals surface area (Å²) < 4.78 is 18.2. The van der Waals surface area contributed by atoms with Gasteiger partial charge in [0, 0.05) is 4.90 Å². The molecule has 1 aliphatic heterocycles. The zero-order valence-electron chi connectivity index (χ0n) is 7.77. The van der Waals surface area contributed by atoms with E-state index in [1.165, 1.54) is 17.8 Å². The largest absolute Gasteiger partial charge is 0.478 e. The van der Waals surface area contributed by atoms with Crippen LogP contribution in [0.2, 0.25) is 0 Å². The van der Waals surface area contributed by atoms with Crippen molar-refractivity contribution in [1.29, 1.82) is 0 Å². The van der Waals surface area contributed by atoms with E-state index >= 15 is 0 Å². The lowest BCUT2D eigenvalue weighted by Crippen LogP contribution is -2.30.